The highest BCUT2D eigenvalue weighted by molar-refractivity contribution is 6.03. The fourth-order valence-corrected chi connectivity index (χ4v) is 2.73. The molecule has 3 rings (SSSR count). The maximum absolute atomic E-state index is 12.4. The Labute approximate surface area is 158 Å². The van der Waals surface area contributed by atoms with Crippen LogP contribution < -0.4 is 15.0 Å². The quantitative estimate of drug-likeness (QED) is 0.684. The van der Waals surface area contributed by atoms with Gasteiger partial charge in [-0.05, 0) is 56.3 Å². The zero-order chi connectivity index (χ0) is 19.2. The lowest BCUT2D eigenvalue weighted by atomic mass is 10.2. The summed E-state index contributed by atoms with van der Waals surface area (Å²) in [5, 5.41) is 10.5. The molecule has 140 valence electrons. The minimum atomic E-state index is -0.304. The summed E-state index contributed by atoms with van der Waals surface area (Å²) < 4.78 is 10.7. The maximum Gasteiger partial charge on any atom is 0.322 e. The van der Waals surface area contributed by atoms with Crippen molar-refractivity contribution in [1.29, 1.82) is 0 Å². The van der Waals surface area contributed by atoms with Crippen molar-refractivity contribution < 1.29 is 13.9 Å². The Bertz CT molecular complexity index is 902. The predicted octanol–water partition coefficient (Wildman–Crippen LogP) is 3.84. The number of carbonyl (C=O) groups is 1. The zero-order valence-corrected chi connectivity index (χ0v) is 15.6. The van der Waals surface area contributed by atoms with E-state index < -0.39 is 0 Å². The van der Waals surface area contributed by atoms with Crippen molar-refractivity contribution in [2.75, 3.05) is 30.4 Å². The van der Waals surface area contributed by atoms with Crippen molar-refractivity contribution >= 4 is 17.6 Å². The van der Waals surface area contributed by atoms with E-state index in [2.05, 4.69) is 34.3 Å². The van der Waals surface area contributed by atoms with Crippen LogP contribution in [0, 0.1) is 0 Å². The molecule has 0 spiro atoms. The molecule has 1 aromatic heterocycles. The third kappa shape index (κ3) is 4.25. The van der Waals surface area contributed by atoms with Gasteiger partial charge in [0.15, 0.2) is 0 Å². The molecule has 7 nitrogen and oxygen atoms in total. The SMILES string of the molecule is CCN(CC)c1ccc(C(=O)Nc2nnc(-c3cccc(OC)c3)o2)cc1. The Hall–Kier alpha value is -3.35. The Balaban J connectivity index is 1.70. The third-order valence-corrected chi connectivity index (χ3v) is 4.22. The molecule has 0 aliphatic carbocycles. The number of carbonyl (C=O) groups excluding carboxylic acids is 1. The van der Waals surface area contributed by atoms with Crippen LogP contribution in [0.4, 0.5) is 11.7 Å². The summed E-state index contributed by atoms with van der Waals surface area (Å²) >= 11 is 0. The first-order chi connectivity index (χ1) is 13.1. The number of anilines is 2. The van der Waals surface area contributed by atoms with Gasteiger partial charge in [0.25, 0.3) is 5.91 Å². The van der Waals surface area contributed by atoms with Crippen LogP contribution in [0.5, 0.6) is 5.75 Å². The number of nitrogens with zero attached hydrogens (tertiary/aromatic N) is 3. The standard InChI is InChI=1S/C20H22N4O3/c1-4-24(5-2)16-11-9-14(10-12-16)18(25)21-20-23-22-19(27-20)15-7-6-8-17(13-15)26-3/h6-13H,4-5H2,1-3H3,(H,21,23,25). The maximum atomic E-state index is 12.4. The largest absolute Gasteiger partial charge is 0.497 e. The normalized spacial score (nSPS) is 10.5. The molecular weight excluding hydrogens is 344 g/mol. The number of benzene rings is 2. The van der Waals surface area contributed by atoms with Crippen molar-refractivity contribution in [3.05, 3.63) is 54.1 Å². The first-order valence-electron chi connectivity index (χ1n) is 8.78. The van der Waals surface area contributed by atoms with Gasteiger partial charge in [-0.2, -0.15) is 0 Å². The summed E-state index contributed by atoms with van der Waals surface area (Å²) in [5.74, 6) is 0.688. The van der Waals surface area contributed by atoms with Crippen LogP contribution >= 0.6 is 0 Å². The summed E-state index contributed by atoms with van der Waals surface area (Å²) in [7, 11) is 1.59. The van der Waals surface area contributed by atoms with Crippen LogP contribution in [0.3, 0.4) is 0 Å². The Kier molecular flexibility index (Phi) is 5.71. The number of aromatic nitrogens is 2. The number of nitrogens with one attached hydrogen (secondary N) is 1. The highest BCUT2D eigenvalue weighted by Crippen LogP contribution is 2.24. The molecule has 0 aliphatic heterocycles. The molecule has 1 heterocycles. The third-order valence-electron chi connectivity index (χ3n) is 4.22. The molecule has 0 unspecified atom stereocenters. The predicted molar refractivity (Wildman–Crippen MR) is 104 cm³/mol. The molecule has 1 N–H and O–H groups in total. The van der Waals surface area contributed by atoms with Crippen molar-refractivity contribution in [3.8, 4) is 17.2 Å². The lowest BCUT2D eigenvalue weighted by molar-refractivity contribution is 0.102. The molecular formula is C20H22N4O3. The number of ether oxygens (including phenoxy) is 1. The van der Waals surface area contributed by atoms with Crippen molar-refractivity contribution in [2.24, 2.45) is 0 Å². The molecule has 0 aliphatic rings. The minimum Gasteiger partial charge on any atom is -0.497 e. The van der Waals surface area contributed by atoms with Gasteiger partial charge in [-0.1, -0.05) is 11.2 Å². The van der Waals surface area contributed by atoms with Gasteiger partial charge in [0, 0.05) is 29.9 Å². The Morgan fingerprint density at radius 3 is 2.52 bits per heavy atom. The summed E-state index contributed by atoms with van der Waals surface area (Å²) in [6.45, 7) is 6.02. The van der Waals surface area contributed by atoms with Crippen LogP contribution in [-0.4, -0.2) is 36.3 Å². The average Bonchev–Trinajstić information content (AvgIpc) is 3.18. The second-order valence-corrected chi connectivity index (χ2v) is 5.82. The number of hydrogen-bond donors (Lipinski definition) is 1. The molecule has 0 radical (unpaired) electrons. The van der Waals surface area contributed by atoms with E-state index in [-0.39, 0.29) is 11.9 Å². The van der Waals surface area contributed by atoms with Gasteiger partial charge in [-0.3, -0.25) is 10.1 Å². The molecule has 2 aromatic carbocycles. The van der Waals surface area contributed by atoms with E-state index in [1.54, 1.807) is 25.3 Å². The van der Waals surface area contributed by atoms with Crippen LogP contribution in [0.2, 0.25) is 0 Å². The van der Waals surface area contributed by atoms with Gasteiger partial charge in [-0.15, -0.1) is 5.10 Å². The van der Waals surface area contributed by atoms with E-state index in [1.807, 2.05) is 30.3 Å². The van der Waals surface area contributed by atoms with Gasteiger partial charge < -0.3 is 14.1 Å². The minimum absolute atomic E-state index is 0.0469. The van der Waals surface area contributed by atoms with E-state index in [1.165, 1.54) is 0 Å². The van der Waals surface area contributed by atoms with Crippen LogP contribution in [-0.2, 0) is 0 Å². The first-order valence-corrected chi connectivity index (χ1v) is 8.78. The number of hydrogen-bond acceptors (Lipinski definition) is 6. The van der Waals surface area contributed by atoms with Gasteiger partial charge in [-0.25, -0.2) is 0 Å². The molecule has 0 bridgehead atoms. The molecule has 1 amide bonds. The van der Waals surface area contributed by atoms with Crippen molar-refractivity contribution in [1.82, 2.24) is 10.2 Å². The lowest BCUT2D eigenvalue weighted by Gasteiger charge is -2.20. The highest BCUT2D eigenvalue weighted by atomic mass is 16.5. The molecule has 0 saturated heterocycles. The molecule has 3 aromatic rings. The number of rotatable bonds is 7. The van der Waals surface area contributed by atoms with Gasteiger partial charge in [0.2, 0.25) is 5.89 Å². The molecule has 0 atom stereocenters. The van der Waals surface area contributed by atoms with Crippen LogP contribution in [0.25, 0.3) is 11.5 Å². The topological polar surface area (TPSA) is 80.5 Å². The fourth-order valence-electron chi connectivity index (χ4n) is 2.73. The molecule has 27 heavy (non-hydrogen) atoms. The summed E-state index contributed by atoms with van der Waals surface area (Å²) in [6, 6.07) is 14.7. The lowest BCUT2D eigenvalue weighted by Crippen LogP contribution is -2.21. The van der Waals surface area contributed by atoms with Crippen molar-refractivity contribution in [2.45, 2.75) is 13.8 Å². The van der Waals surface area contributed by atoms with E-state index in [0.717, 1.165) is 18.8 Å². The van der Waals surface area contributed by atoms with E-state index >= 15 is 0 Å². The highest BCUT2D eigenvalue weighted by Gasteiger charge is 2.13. The fraction of sp³-hybridized carbons (Fsp3) is 0.250. The molecule has 0 saturated carbocycles. The van der Waals surface area contributed by atoms with Crippen LogP contribution in [0.15, 0.2) is 52.9 Å². The summed E-state index contributed by atoms with van der Waals surface area (Å²) in [5.41, 5.74) is 2.31. The number of methoxy groups -OCH3 is 1. The first kappa shape index (κ1) is 18.4. The van der Waals surface area contributed by atoms with Crippen molar-refractivity contribution in [3.63, 3.8) is 0 Å². The second-order valence-electron chi connectivity index (χ2n) is 5.82. The van der Waals surface area contributed by atoms with E-state index in [9.17, 15) is 4.79 Å². The van der Waals surface area contributed by atoms with E-state index in [0.29, 0.717) is 22.8 Å². The summed E-state index contributed by atoms with van der Waals surface area (Å²) in [6.07, 6.45) is 0. The van der Waals surface area contributed by atoms with Gasteiger partial charge in [0.1, 0.15) is 5.75 Å². The summed E-state index contributed by atoms with van der Waals surface area (Å²) in [4.78, 5) is 14.6. The average molecular weight is 366 g/mol. The Morgan fingerprint density at radius 1 is 1.11 bits per heavy atom. The molecule has 0 fully saturated rings. The zero-order valence-electron chi connectivity index (χ0n) is 15.6. The van der Waals surface area contributed by atoms with Crippen LogP contribution in [0.1, 0.15) is 24.2 Å². The smallest absolute Gasteiger partial charge is 0.322 e. The van der Waals surface area contributed by atoms with E-state index in [4.69, 9.17) is 9.15 Å². The second kappa shape index (κ2) is 8.35. The van der Waals surface area contributed by atoms with Gasteiger partial charge >= 0.3 is 6.01 Å². The number of amides is 1. The van der Waals surface area contributed by atoms with Gasteiger partial charge in [0.05, 0.1) is 7.11 Å². The Morgan fingerprint density at radius 2 is 1.85 bits per heavy atom. The molecule has 7 heteroatoms. The monoisotopic (exact) mass is 366 g/mol.